The molecule has 0 aliphatic heterocycles. The average molecular weight is 649 g/mol. The van der Waals surface area contributed by atoms with E-state index in [1.54, 1.807) is 60.7 Å². The molecule has 1 aromatic heterocycles. The van der Waals surface area contributed by atoms with E-state index in [0.717, 1.165) is 16.8 Å². The van der Waals surface area contributed by atoms with Gasteiger partial charge in [0.2, 0.25) is 6.17 Å². The van der Waals surface area contributed by atoms with Crippen LogP contribution in [0, 0.1) is 11.6 Å². The lowest BCUT2D eigenvalue weighted by Crippen LogP contribution is -2.40. The first-order valence-electron chi connectivity index (χ1n) is 14.3. The number of amides is 2. The van der Waals surface area contributed by atoms with Crippen LogP contribution in [-0.4, -0.2) is 43.7 Å². The molecule has 2 amide bonds. The van der Waals surface area contributed by atoms with Crippen molar-refractivity contribution in [3.63, 3.8) is 0 Å². The molecule has 6 aromatic rings. The van der Waals surface area contributed by atoms with E-state index in [1.165, 1.54) is 48.5 Å². The van der Waals surface area contributed by atoms with E-state index < -0.39 is 29.8 Å². The second-order valence-corrected chi connectivity index (χ2v) is 10.2. The lowest BCUT2D eigenvalue weighted by molar-refractivity contribution is -0.120. The van der Waals surface area contributed by atoms with Crippen molar-refractivity contribution in [1.29, 1.82) is 0 Å². The highest BCUT2D eigenvalue weighted by molar-refractivity contribution is 6.14. The molecule has 13 heteroatoms. The number of nitrogens with one attached hydrogen (secondary N) is 2. The van der Waals surface area contributed by atoms with Crippen LogP contribution in [-0.2, 0) is 4.79 Å². The summed E-state index contributed by atoms with van der Waals surface area (Å²) in [6.45, 7) is 0. The number of carbonyl (C=O) groups excluding carboxylic acids is 3. The van der Waals surface area contributed by atoms with Gasteiger partial charge >= 0.3 is 6.09 Å². The van der Waals surface area contributed by atoms with E-state index in [2.05, 4.69) is 20.9 Å². The van der Waals surface area contributed by atoms with E-state index in [9.17, 15) is 33.1 Å². The third-order valence-electron chi connectivity index (χ3n) is 6.98. The summed E-state index contributed by atoms with van der Waals surface area (Å²) >= 11 is 0. The highest BCUT2D eigenvalue weighted by atomic mass is 19.1. The fourth-order valence-electron chi connectivity index (χ4n) is 4.64. The number of rotatable bonds is 8. The van der Waals surface area contributed by atoms with Gasteiger partial charge in [-0.3, -0.25) is 19.7 Å². The Labute approximate surface area is 271 Å². The van der Waals surface area contributed by atoms with Gasteiger partial charge in [-0.2, -0.15) is 0 Å². The van der Waals surface area contributed by atoms with Crippen molar-refractivity contribution in [3.05, 3.63) is 155 Å². The summed E-state index contributed by atoms with van der Waals surface area (Å²) in [7, 11) is 0. The molecule has 0 saturated carbocycles. The molecule has 1 atom stereocenters. The number of hydrogen-bond donors (Lipinski definition) is 4. The molecule has 1 heterocycles. The minimum atomic E-state index is -1.45. The Balaban J connectivity index is 0.000000236. The number of nitrogen functional groups attached to an aromatic ring is 1. The third-order valence-corrected chi connectivity index (χ3v) is 6.98. The van der Waals surface area contributed by atoms with Crippen LogP contribution >= 0.6 is 0 Å². The zero-order chi connectivity index (χ0) is 34.2. The molecule has 11 nitrogen and oxygen atoms in total. The standard InChI is InChI=1S/C22H16FN5O4.C13H10FNO/c23-14-11-9-13(10-12-14)19(29)15-5-1-2-6-16(15)24-21(30)20(25-22(31)32)28-18-8-4-3-7-17(18)26-27-28;14-10-7-5-9(6-8-10)13(16)11-3-1-2-4-12(11)15/h1-12,20,25H,(H,24,30)(H,31,32);1-8H,15H2. The van der Waals surface area contributed by atoms with Gasteiger partial charge in [0, 0.05) is 27.9 Å². The lowest BCUT2D eigenvalue weighted by Gasteiger charge is -2.18. The molecule has 0 aliphatic rings. The van der Waals surface area contributed by atoms with Gasteiger partial charge in [0.1, 0.15) is 17.2 Å². The van der Waals surface area contributed by atoms with E-state index in [0.29, 0.717) is 27.8 Å². The molecular formula is C35H26F2N6O5. The van der Waals surface area contributed by atoms with E-state index >= 15 is 0 Å². The number of anilines is 2. The van der Waals surface area contributed by atoms with Gasteiger partial charge in [0.05, 0.1) is 11.2 Å². The number of halogens is 2. The largest absolute Gasteiger partial charge is 0.465 e. The Bertz CT molecular complexity index is 2120. The molecular weight excluding hydrogens is 622 g/mol. The van der Waals surface area contributed by atoms with Crippen molar-refractivity contribution < 1.29 is 33.1 Å². The van der Waals surface area contributed by atoms with Crippen LogP contribution in [0.1, 0.15) is 38.0 Å². The van der Waals surface area contributed by atoms with Gasteiger partial charge in [0.25, 0.3) is 5.91 Å². The molecule has 6 rings (SSSR count). The predicted octanol–water partition coefficient (Wildman–Crippen LogP) is 5.85. The molecule has 5 aromatic carbocycles. The number of aromatic nitrogens is 3. The minimum absolute atomic E-state index is 0.157. The second-order valence-electron chi connectivity index (χ2n) is 10.2. The summed E-state index contributed by atoms with van der Waals surface area (Å²) in [4.78, 5) is 49.3. The SMILES string of the molecule is Nc1ccccc1C(=O)c1ccc(F)cc1.O=C(O)NC(C(=O)Nc1ccccc1C(=O)c1ccc(F)cc1)n1nnc2ccccc21. The molecule has 0 radical (unpaired) electrons. The topological polar surface area (TPSA) is 169 Å². The van der Waals surface area contributed by atoms with Crippen LogP contribution in [0.25, 0.3) is 11.0 Å². The van der Waals surface area contributed by atoms with Gasteiger partial charge in [-0.15, -0.1) is 5.10 Å². The maximum absolute atomic E-state index is 13.2. The summed E-state index contributed by atoms with van der Waals surface area (Å²) < 4.78 is 27.0. The first-order valence-corrected chi connectivity index (χ1v) is 14.3. The zero-order valence-corrected chi connectivity index (χ0v) is 24.9. The smallest absolute Gasteiger partial charge is 0.406 e. The number of nitrogens with two attached hydrogens (primary N) is 1. The highest BCUT2D eigenvalue weighted by Gasteiger charge is 2.27. The van der Waals surface area contributed by atoms with Crippen molar-refractivity contribution in [2.45, 2.75) is 6.17 Å². The summed E-state index contributed by atoms with van der Waals surface area (Å²) in [5.74, 6) is -2.25. The number of nitrogens with zero attached hydrogens (tertiary/aromatic N) is 3. The summed E-state index contributed by atoms with van der Waals surface area (Å²) in [6, 6.07) is 30.2. The second kappa shape index (κ2) is 14.6. The summed E-state index contributed by atoms with van der Waals surface area (Å²) in [6.07, 6.45) is -2.89. The quantitative estimate of drug-likeness (QED) is 0.118. The number of fused-ring (bicyclic) bond motifs is 1. The molecule has 0 spiro atoms. The maximum atomic E-state index is 13.2. The van der Waals surface area contributed by atoms with Crippen molar-refractivity contribution in [2.75, 3.05) is 11.1 Å². The number of para-hydroxylation sites is 3. The Hall–Kier alpha value is -6.76. The number of benzene rings is 5. The number of ketones is 2. The third kappa shape index (κ3) is 7.54. The number of carboxylic acid groups (broad SMARTS) is 1. The van der Waals surface area contributed by atoms with Crippen LogP contribution in [0.5, 0.6) is 0 Å². The van der Waals surface area contributed by atoms with Crippen LogP contribution in [0.15, 0.2) is 121 Å². The molecule has 0 aliphatic carbocycles. The van der Waals surface area contributed by atoms with Gasteiger partial charge in [-0.25, -0.2) is 18.3 Å². The Morgan fingerprint density at radius 3 is 1.81 bits per heavy atom. The molecule has 240 valence electrons. The fraction of sp³-hybridized carbons (Fsp3) is 0.0286. The molecule has 48 heavy (non-hydrogen) atoms. The van der Waals surface area contributed by atoms with E-state index in [4.69, 9.17) is 5.73 Å². The zero-order valence-electron chi connectivity index (χ0n) is 24.9. The number of carbonyl (C=O) groups is 4. The molecule has 0 saturated heterocycles. The van der Waals surface area contributed by atoms with Gasteiger partial charge in [0.15, 0.2) is 11.6 Å². The monoisotopic (exact) mass is 648 g/mol. The van der Waals surface area contributed by atoms with Crippen molar-refractivity contribution >= 4 is 46.0 Å². The van der Waals surface area contributed by atoms with Gasteiger partial charge < -0.3 is 16.2 Å². The highest BCUT2D eigenvalue weighted by Crippen LogP contribution is 2.22. The van der Waals surface area contributed by atoms with Crippen LogP contribution in [0.3, 0.4) is 0 Å². The molecule has 5 N–H and O–H groups in total. The lowest BCUT2D eigenvalue weighted by atomic mass is 10.0. The van der Waals surface area contributed by atoms with Crippen molar-refractivity contribution in [2.24, 2.45) is 0 Å². The molecule has 0 fully saturated rings. The molecule has 1 unspecified atom stereocenters. The Kier molecular flexibility index (Phi) is 9.90. The summed E-state index contributed by atoms with van der Waals surface area (Å²) in [5.41, 5.74) is 8.46. The van der Waals surface area contributed by atoms with Gasteiger partial charge in [-0.05, 0) is 84.9 Å². The Morgan fingerprint density at radius 2 is 1.21 bits per heavy atom. The van der Waals surface area contributed by atoms with E-state index in [1.807, 2.05) is 0 Å². The first-order chi connectivity index (χ1) is 23.1. The predicted molar refractivity (Wildman–Crippen MR) is 173 cm³/mol. The normalized spacial score (nSPS) is 11.1. The maximum Gasteiger partial charge on any atom is 0.406 e. The van der Waals surface area contributed by atoms with Crippen LogP contribution in [0.4, 0.5) is 25.0 Å². The summed E-state index contributed by atoms with van der Waals surface area (Å²) in [5, 5.41) is 21.8. The average Bonchev–Trinajstić information content (AvgIpc) is 3.52. The number of hydrogen-bond acceptors (Lipinski definition) is 7. The van der Waals surface area contributed by atoms with Crippen LogP contribution in [0.2, 0.25) is 0 Å². The first kappa shape index (κ1) is 32.6. The van der Waals surface area contributed by atoms with E-state index in [-0.39, 0.29) is 28.4 Å². The van der Waals surface area contributed by atoms with Crippen molar-refractivity contribution in [1.82, 2.24) is 20.3 Å². The van der Waals surface area contributed by atoms with Gasteiger partial charge in [-0.1, -0.05) is 41.6 Å². The minimum Gasteiger partial charge on any atom is -0.465 e. The Morgan fingerprint density at radius 1 is 0.688 bits per heavy atom. The molecule has 0 bridgehead atoms. The fourth-order valence-corrected chi connectivity index (χ4v) is 4.64. The van der Waals surface area contributed by atoms with Crippen LogP contribution < -0.4 is 16.4 Å². The van der Waals surface area contributed by atoms with Crippen molar-refractivity contribution in [3.8, 4) is 0 Å².